The first kappa shape index (κ1) is 12.5. The molecule has 4 heteroatoms. The van der Waals surface area contributed by atoms with Crippen LogP contribution in [0, 0.1) is 6.92 Å². The van der Waals surface area contributed by atoms with Gasteiger partial charge in [0.2, 0.25) is 0 Å². The Morgan fingerprint density at radius 3 is 2.50 bits per heavy atom. The van der Waals surface area contributed by atoms with Crippen LogP contribution in [0.4, 0.5) is 5.69 Å². The van der Waals surface area contributed by atoms with Gasteiger partial charge < -0.3 is 5.73 Å². The van der Waals surface area contributed by atoms with Crippen LogP contribution in [0.3, 0.4) is 0 Å². The molecule has 1 aromatic carbocycles. The van der Waals surface area contributed by atoms with Gasteiger partial charge in [0.25, 0.3) is 5.56 Å². The van der Waals surface area contributed by atoms with Crippen LogP contribution in [0.1, 0.15) is 23.7 Å². The summed E-state index contributed by atoms with van der Waals surface area (Å²) in [5.74, 6) is 0. The maximum atomic E-state index is 12.1. The maximum absolute atomic E-state index is 12.1. The number of anilines is 1. The smallest absolute Gasteiger partial charge is 0.290 e. The topological polar surface area (TPSA) is 53.0 Å². The molecular formula is C14H19N3O. The van der Waals surface area contributed by atoms with Crippen LogP contribution < -0.4 is 11.3 Å². The summed E-state index contributed by atoms with van der Waals surface area (Å²) in [5, 5.41) is 0. The van der Waals surface area contributed by atoms with E-state index in [-0.39, 0.29) is 5.56 Å². The van der Waals surface area contributed by atoms with Crippen molar-refractivity contribution in [3.05, 3.63) is 51.4 Å². The van der Waals surface area contributed by atoms with Crippen molar-refractivity contribution in [1.29, 1.82) is 0 Å². The molecule has 96 valence electrons. The maximum Gasteiger partial charge on any atom is 0.290 e. The van der Waals surface area contributed by atoms with Crippen LogP contribution in [0.2, 0.25) is 0 Å². The van der Waals surface area contributed by atoms with Crippen molar-refractivity contribution in [2.75, 3.05) is 5.73 Å². The van der Waals surface area contributed by atoms with E-state index in [1.807, 2.05) is 49.8 Å². The number of hydrogen-bond acceptors (Lipinski definition) is 2. The zero-order valence-corrected chi connectivity index (χ0v) is 11.1. The van der Waals surface area contributed by atoms with Crippen LogP contribution >= 0.6 is 0 Å². The highest BCUT2D eigenvalue weighted by Crippen LogP contribution is 2.12. The molecule has 0 unspecified atom stereocenters. The van der Waals surface area contributed by atoms with Crippen LogP contribution in [-0.2, 0) is 20.0 Å². The van der Waals surface area contributed by atoms with E-state index in [0.29, 0.717) is 12.2 Å². The Balaban J connectivity index is 2.48. The Morgan fingerprint density at radius 2 is 1.94 bits per heavy atom. The second-order valence-electron chi connectivity index (χ2n) is 4.53. The molecule has 4 nitrogen and oxygen atoms in total. The molecule has 0 bridgehead atoms. The zero-order valence-electron chi connectivity index (χ0n) is 11.1. The lowest BCUT2D eigenvalue weighted by atomic mass is 10.1. The fraction of sp³-hybridized carbons (Fsp3) is 0.357. The third-order valence-electron chi connectivity index (χ3n) is 3.44. The molecule has 0 saturated heterocycles. The van der Waals surface area contributed by atoms with Gasteiger partial charge in [-0.25, -0.2) is 4.68 Å². The second-order valence-corrected chi connectivity index (χ2v) is 4.53. The quantitative estimate of drug-likeness (QED) is 0.894. The van der Waals surface area contributed by atoms with Crippen molar-refractivity contribution < 1.29 is 0 Å². The molecule has 1 heterocycles. The van der Waals surface area contributed by atoms with Crippen LogP contribution in [0.15, 0.2) is 29.1 Å². The number of hydrogen-bond donors (Lipinski definition) is 1. The lowest BCUT2D eigenvalue weighted by Crippen LogP contribution is -2.23. The minimum absolute atomic E-state index is 0.0994. The summed E-state index contributed by atoms with van der Waals surface area (Å²) < 4.78 is 3.56. The largest absolute Gasteiger partial charge is 0.393 e. The molecule has 2 aromatic rings. The van der Waals surface area contributed by atoms with E-state index in [9.17, 15) is 4.79 Å². The van der Waals surface area contributed by atoms with Crippen molar-refractivity contribution in [2.24, 2.45) is 7.05 Å². The van der Waals surface area contributed by atoms with E-state index in [4.69, 9.17) is 5.73 Å². The third-order valence-corrected chi connectivity index (χ3v) is 3.44. The molecule has 0 atom stereocenters. The average Bonchev–Trinajstić information content (AvgIpc) is 2.56. The molecule has 2 N–H and O–H groups in total. The number of aromatic nitrogens is 2. The first-order valence-corrected chi connectivity index (χ1v) is 6.15. The molecule has 0 aliphatic carbocycles. The Kier molecular flexibility index (Phi) is 3.28. The monoisotopic (exact) mass is 245 g/mol. The normalized spacial score (nSPS) is 10.8. The zero-order chi connectivity index (χ0) is 13.3. The molecular weight excluding hydrogens is 226 g/mol. The summed E-state index contributed by atoms with van der Waals surface area (Å²) >= 11 is 0. The van der Waals surface area contributed by atoms with Gasteiger partial charge in [0.05, 0.1) is 12.2 Å². The third kappa shape index (κ3) is 1.94. The second kappa shape index (κ2) is 4.72. The van der Waals surface area contributed by atoms with Gasteiger partial charge in [0, 0.05) is 7.05 Å². The molecule has 0 saturated carbocycles. The van der Waals surface area contributed by atoms with Crippen molar-refractivity contribution in [2.45, 2.75) is 26.8 Å². The molecule has 0 aliphatic rings. The van der Waals surface area contributed by atoms with Crippen LogP contribution in [-0.4, -0.2) is 9.36 Å². The van der Waals surface area contributed by atoms with E-state index in [1.165, 1.54) is 5.56 Å². The van der Waals surface area contributed by atoms with Gasteiger partial charge in [-0.3, -0.25) is 9.48 Å². The number of aryl methyl sites for hydroxylation is 1. The minimum atomic E-state index is -0.0994. The summed E-state index contributed by atoms with van der Waals surface area (Å²) in [6, 6.07) is 8.07. The number of nitrogens with zero attached hydrogens (tertiary/aromatic N) is 2. The summed E-state index contributed by atoms with van der Waals surface area (Å²) in [6.07, 6.45) is 0.762. The van der Waals surface area contributed by atoms with Crippen molar-refractivity contribution in [3.8, 4) is 0 Å². The summed E-state index contributed by atoms with van der Waals surface area (Å²) in [7, 11) is 1.88. The van der Waals surface area contributed by atoms with Crippen molar-refractivity contribution in [3.63, 3.8) is 0 Å². The van der Waals surface area contributed by atoms with Gasteiger partial charge in [-0.15, -0.1) is 0 Å². The standard InChI is InChI=1S/C14H19N3O/c1-4-12-13(15)14(18)17(16(12)3)9-11-8-6-5-7-10(11)2/h5-8H,4,9,15H2,1-3H3. The van der Waals surface area contributed by atoms with E-state index in [2.05, 4.69) is 0 Å². The first-order chi connectivity index (χ1) is 8.56. The highest BCUT2D eigenvalue weighted by atomic mass is 16.1. The number of benzene rings is 1. The van der Waals surface area contributed by atoms with E-state index < -0.39 is 0 Å². The average molecular weight is 245 g/mol. The van der Waals surface area contributed by atoms with E-state index in [1.54, 1.807) is 4.68 Å². The summed E-state index contributed by atoms with van der Waals surface area (Å²) in [4.78, 5) is 12.1. The van der Waals surface area contributed by atoms with Crippen LogP contribution in [0.5, 0.6) is 0 Å². The van der Waals surface area contributed by atoms with Gasteiger partial charge in [-0.05, 0) is 24.5 Å². The number of rotatable bonds is 3. The Labute approximate surface area is 107 Å². The predicted molar refractivity (Wildman–Crippen MR) is 73.7 cm³/mol. The molecule has 18 heavy (non-hydrogen) atoms. The molecule has 0 spiro atoms. The van der Waals surface area contributed by atoms with Gasteiger partial charge in [-0.1, -0.05) is 31.2 Å². The fourth-order valence-corrected chi connectivity index (χ4v) is 2.26. The van der Waals surface area contributed by atoms with Gasteiger partial charge in [-0.2, -0.15) is 0 Å². The highest BCUT2D eigenvalue weighted by Gasteiger charge is 2.14. The SMILES string of the molecule is CCc1c(N)c(=O)n(Cc2ccccc2C)n1C. The molecule has 2 rings (SSSR count). The van der Waals surface area contributed by atoms with Gasteiger partial charge >= 0.3 is 0 Å². The Bertz CT molecular complexity index is 622. The molecule has 1 aromatic heterocycles. The molecule has 0 aliphatic heterocycles. The van der Waals surface area contributed by atoms with Crippen molar-refractivity contribution >= 4 is 5.69 Å². The van der Waals surface area contributed by atoms with E-state index >= 15 is 0 Å². The fourth-order valence-electron chi connectivity index (χ4n) is 2.26. The minimum Gasteiger partial charge on any atom is -0.393 e. The molecule has 0 fully saturated rings. The summed E-state index contributed by atoms with van der Waals surface area (Å²) in [6.45, 7) is 4.61. The molecule has 0 radical (unpaired) electrons. The number of nitrogens with two attached hydrogens (primary N) is 1. The highest BCUT2D eigenvalue weighted by molar-refractivity contribution is 5.41. The Morgan fingerprint density at radius 1 is 1.28 bits per heavy atom. The van der Waals surface area contributed by atoms with Crippen LogP contribution in [0.25, 0.3) is 0 Å². The van der Waals surface area contributed by atoms with Gasteiger partial charge in [0.1, 0.15) is 5.69 Å². The van der Waals surface area contributed by atoms with Gasteiger partial charge in [0.15, 0.2) is 0 Å². The predicted octanol–water partition coefficient (Wildman–Crippen LogP) is 1.69. The summed E-state index contributed by atoms with van der Waals surface area (Å²) in [5.41, 5.74) is 9.34. The number of nitrogen functional groups attached to an aromatic ring is 1. The lowest BCUT2D eigenvalue weighted by Gasteiger charge is -2.10. The first-order valence-electron chi connectivity index (χ1n) is 6.15. The van der Waals surface area contributed by atoms with Crippen molar-refractivity contribution in [1.82, 2.24) is 9.36 Å². The lowest BCUT2D eigenvalue weighted by molar-refractivity contribution is 0.519. The van der Waals surface area contributed by atoms with E-state index in [0.717, 1.165) is 17.7 Å². The Hall–Kier alpha value is -1.97. The molecule has 0 amide bonds.